The van der Waals surface area contributed by atoms with Gasteiger partial charge in [0.1, 0.15) is 11.6 Å². The van der Waals surface area contributed by atoms with E-state index in [0.717, 1.165) is 0 Å². The number of rotatable bonds is 2. The van der Waals surface area contributed by atoms with Gasteiger partial charge >= 0.3 is 7.60 Å². The van der Waals surface area contributed by atoms with E-state index in [1.54, 1.807) is 22.8 Å². The summed E-state index contributed by atoms with van der Waals surface area (Å²) in [6.45, 7) is 0. The van der Waals surface area contributed by atoms with Crippen molar-refractivity contribution in [3.63, 3.8) is 0 Å². The molecule has 0 aliphatic carbocycles. The fourth-order valence-corrected chi connectivity index (χ4v) is 3.64. The average molecular weight is 359 g/mol. The summed E-state index contributed by atoms with van der Waals surface area (Å²) >= 11 is 0. The minimum Gasteiger partial charge on any atom is -0.321 e. The quantitative estimate of drug-likeness (QED) is 0.534. The molecule has 0 aliphatic heterocycles. The van der Waals surface area contributed by atoms with Gasteiger partial charge in [0.25, 0.3) is 0 Å². The Bertz CT molecular complexity index is 1120. The molecule has 4 nitrogen and oxygen atoms in total. The molecule has 0 atom stereocenters. The molecule has 0 aliphatic rings. The maximum Gasteiger partial charge on any atom is 0.356 e. The van der Waals surface area contributed by atoms with Crippen molar-refractivity contribution in [3.8, 4) is 5.69 Å². The van der Waals surface area contributed by atoms with Crippen molar-refractivity contribution in [2.75, 3.05) is 0 Å². The molecule has 0 spiro atoms. The second kappa shape index (κ2) is 5.49. The van der Waals surface area contributed by atoms with E-state index in [1.165, 1.54) is 42.5 Å². The van der Waals surface area contributed by atoms with E-state index in [-0.39, 0.29) is 5.30 Å². The Kier molecular flexibility index (Phi) is 3.51. The van der Waals surface area contributed by atoms with Crippen LogP contribution in [0.25, 0.3) is 27.5 Å². The number of benzene rings is 3. The molecule has 0 unspecified atom stereocenters. The molecular formula is C18H12F2NO3P. The van der Waals surface area contributed by atoms with Crippen LogP contribution in [0.15, 0.2) is 60.7 Å². The zero-order valence-electron chi connectivity index (χ0n) is 12.7. The molecule has 0 radical (unpaired) electrons. The van der Waals surface area contributed by atoms with Crippen molar-refractivity contribution >= 4 is 34.7 Å². The van der Waals surface area contributed by atoms with Gasteiger partial charge in [-0.1, -0.05) is 6.07 Å². The SMILES string of the molecule is O=P(O)(O)c1cccc(-n2c3ccc(F)cc3c3cc(F)ccc32)c1. The van der Waals surface area contributed by atoms with E-state index in [1.807, 2.05) is 0 Å². The third-order valence-electron chi connectivity index (χ3n) is 4.11. The molecule has 0 saturated heterocycles. The molecule has 25 heavy (non-hydrogen) atoms. The van der Waals surface area contributed by atoms with E-state index >= 15 is 0 Å². The molecule has 4 rings (SSSR count). The van der Waals surface area contributed by atoms with Gasteiger partial charge in [-0.15, -0.1) is 0 Å². The normalized spacial score (nSPS) is 12.2. The lowest BCUT2D eigenvalue weighted by Crippen LogP contribution is -2.06. The molecule has 126 valence electrons. The predicted molar refractivity (Wildman–Crippen MR) is 92.4 cm³/mol. The molecule has 7 heteroatoms. The summed E-state index contributed by atoms with van der Waals surface area (Å²) in [7, 11) is -4.42. The highest BCUT2D eigenvalue weighted by Gasteiger charge is 2.19. The highest BCUT2D eigenvalue weighted by Crippen LogP contribution is 2.36. The molecule has 2 N–H and O–H groups in total. The summed E-state index contributed by atoms with van der Waals surface area (Å²) in [5, 5.41) is 0.927. The number of aromatic nitrogens is 1. The van der Waals surface area contributed by atoms with E-state index in [2.05, 4.69) is 0 Å². The molecule has 1 heterocycles. The van der Waals surface area contributed by atoms with Gasteiger partial charge in [-0.25, -0.2) is 8.78 Å². The molecule has 0 fully saturated rings. The van der Waals surface area contributed by atoms with Crippen LogP contribution >= 0.6 is 7.60 Å². The zero-order valence-corrected chi connectivity index (χ0v) is 13.6. The monoisotopic (exact) mass is 359 g/mol. The van der Waals surface area contributed by atoms with Gasteiger partial charge in [0.2, 0.25) is 0 Å². The number of halogens is 2. The van der Waals surface area contributed by atoms with E-state index < -0.39 is 19.2 Å². The summed E-state index contributed by atoms with van der Waals surface area (Å²) in [5.74, 6) is -0.889. The summed E-state index contributed by atoms with van der Waals surface area (Å²) in [4.78, 5) is 18.8. The predicted octanol–water partition coefficient (Wildman–Crippen LogP) is 3.86. The van der Waals surface area contributed by atoms with Gasteiger partial charge in [-0.3, -0.25) is 4.57 Å². The molecule has 0 saturated carbocycles. The summed E-state index contributed by atoms with van der Waals surface area (Å²) in [5.41, 5.74) is 1.73. The fraction of sp³-hybridized carbons (Fsp3) is 0. The lowest BCUT2D eigenvalue weighted by molar-refractivity contribution is 0.387. The van der Waals surface area contributed by atoms with Crippen molar-refractivity contribution in [2.45, 2.75) is 0 Å². The van der Waals surface area contributed by atoms with E-state index in [0.29, 0.717) is 27.5 Å². The van der Waals surface area contributed by atoms with Crippen molar-refractivity contribution in [2.24, 2.45) is 0 Å². The lowest BCUT2D eigenvalue weighted by atomic mass is 10.1. The Labute approximate surface area is 141 Å². The number of nitrogens with zero attached hydrogens (tertiary/aromatic N) is 1. The van der Waals surface area contributed by atoms with Gasteiger partial charge in [0.15, 0.2) is 0 Å². The van der Waals surface area contributed by atoms with Crippen LogP contribution in [-0.4, -0.2) is 14.4 Å². The minimum absolute atomic E-state index is 0.121. The van der Waals surface area contributed by atoms with Crippen LogP contribution in [0, 0.1) is 11.6 Å². The Morgan fingerprint density at radius 1 is 0.800 bits per heavy atom. The summed E-state index contributed by atoms with van der Waals surface area (Å²) < 4.78 is 40.7. The molecule has 0 bridgehead atoms. The highest BCUT2D eigenvalue weighted by atomic mass is 31.2. The second-order valence-electron chi connectivity index (χ2n) is 5.72. The van der Waals surface area contributed by atoms with Crippen molar-refractivity contribution in [1.29, 1.82) is 0 Å². The number of hydrogen-bond acceptors (Lipinski definition) is 1. The fourth-order valence-electron chi connectivity index (χ4n) is 3.06. The molecule has 4 aromatic rings. The zero-order chi connectivity index (χ0) is 17.8. The van der Waals surface area contributed by atoms with Crippen LogP contribution in [0.1, 0.15) is 0 Å². The molecule has 1 aromatic heterocycles. The first kappa shape index (κ1) is 16.0. The average Bonchev–Trinajstić information content (AvgIpc) is 2.87. The standard InChI is InChI=1S/C18H12F2NO3P/c19-11-4-6-17-15(8-11)16-9-12(20)5-7-18(16)21(17)13-2-1-3-14(10-13)25(22,23)24/h1-10H,(H2,22,23,24). The van der Waals surface area contributed by atoms with Crippen LogP contribution in [-0.2, 0) is 4.57 Å². The summed E-state index contributed by atoms with van der Waals surface area (Å²) in [6, 6.07) is 14.3. The topological polar surface area (TPSA) is 62.5 Å². The van der Waals surface area contributed by atoms with Crippen LogP contribution in [0.3, 0.4) is 0 Å². The van der Waals surface area contributed by atoms with Gasteiger partial charge in [-0.05, 0) is 54.6 Å². The number of fused-ring (bicyclic) bond motifs is 3. The Morgan fingerprint density at radius 3 is 1.88 bits per heavy atom. The van der Waals surface area contributed by atoms with E-state index in [9.17, 15) is 23.1 Å². The van der Waals surface area contributed by atoms with Crippen LogP contribution in [0.5, 0.6) is 0 Å². The van der Waals surface area contributed by atoms with Crippen LogP contribution < -0.4 is 5.30 Å². The molecule has 3 aromatic carbocycles. The first-order chi connectivity index (χ1) is 11.8. The minimum atomic E-state index is -4.42. The van der Waals surface area contributed by atoms with Gasteiger partial charge in [-0.2, -0.15) is 0 Å². The van der Waals surface area contributed by atoms with Gasteiger partial charge in [0.05, 0.1) is 16.3 Å². The third kappa shape index (κ3) is 2.65. The number of hydrogen-bond donors (Lipinski definition) is 2. The smallest absolute Gasteiger partial charge is 0.321 e. The Balaban J connectivity index is 2.12. The van der Waals surface area contributed by atoms with Crippen molar-refractivity contribution in [3.05, 3.63) is 72.3 Å². The van der Waals surface area contributed by atoms with Crippen molar-refractivity contribution in [1.82, 2.24) is 4.57 Å². The largest absolute Gasteiger partial charge is 0.356 e. The van der Waals surface area contributed by atoms with Crippen molar-refractivity contribution < 1.29 is 23.1 Å². The summed E-state index contributed by atoms with van der Waals surface area (Å²) in [6.07, 6.45) is 0. The maximum atomic E-state index is 13.7. The second-order valence-corrected chi connectivity index (χ2v) is 7.33. The maximum absolute atomic E-state index is 13.7. The molecular weight excluding hydrogens is 347 g/mol. The first-order valence-electron chi connectivity index (χ1n) is 7.40. The lowest BCUT2D eigenvalue weighted by Gasteiger charge is -2.10. The van der Waals surface area contributed by atoms with Gasteiger partial charge < -0.3 is 14.4 Å². The van der Waals surface area contributed by atoms with E-state index in [4.69, 9.17) is 0 Å². The van der Waals surface area contributed by atoms with Crippen LogP contribution in [0.2, 0.25) is 0 Å². The first-order valence-corrected chi connectivity index (χ1v) is 9.01. The Morgan fingerprint density at radius 2 is 1.36 bits per heavy atom. The highest BCUT2D eigenvalue weighted by molar-refractivity contribution is 7.60. The Hall–Kier alpha value is -2.53. The molecule has 0 amide bonds. The third-order valence-corrected chi connectivity index (χ3v) is 5.06. The van der Waals surface area contributed by atoms with Gasteiger partial charge in [0, 0.05) is 16.5 Å². The van der Waals surface area contributed by atoms with Crippen LogP contribution in [0.4, 0.5) is 8.78 Å².